The quantitative estimate of drug-likeness (QED) is 0.531. The van der Waals surface area contributed by atoms with Gasteiger partial charge in [-0.1, -0.05) is 25.7 Å². The highest BCUT2D eigenvalue weighted by atomic mass is 15.0. The molecule has 11 heavy (non-hydrogen) atoms. The second kappa shape index (κ2) is 2.80. The number of hydrogen-bond donors (Lipinski definition) is 0. The lowest BCUT2D eigenvalue weighted by Crippen LogP contribution is -2.14. The standard InChI is InChI=1S/C10H16N/c1-11-7-10(8-11)6-9-4-2-3-5-9/h7-9H,2-6H2,1H3/q+1. The molecule has 0 aromatic heterocycles. The summed E-state index contributed by atoms with van der Waals surface area (Å²) in [6.45, 7) is 0. The minimum atomic E-state index is 1.01. The summed E-state index contributed by atoms with van der Waals surface area (Å²) in [7, 11) is 2.10. The molecule has 1 heteroatoms. The van der Waals surface area contributed by atoms with E-state index in [1.165, 1.54) is 32.1 Å². The van der Waals surface area contributed by atoms with Crippen molar-refractivity contribution in [2.45, 2.75) is 32.1 Å². The molecule has 60 valence electrons. The zero-order valence-corrected chi connectivity index (χ0v) is 7.21. The van der Waals surface area contributed by atoms with Crippen LogP contribution in [-0.2, 0) is 0 Å². The van der Waals surface area contributed by atoms with E-state index in [1.54, 1.807) is 5.57 Å². The molecule has 0 bridgehead atoms. The van der Waals surface area contributed by atoms with Gasteiger partial charge >= 0.3 is 0 Å². The molecule has 0 saturated heterocycles. The van der Waals surface area contributed by atoms with Crippen molar-refractivity contribution in [2.24, 2.45) is 5.92 Å². The molecule has 1 heterocycles. The molecule has 0 radical (unpaired) electrons. The van der Waals surface area contributed by atoms with Crippen molar-refractivity contribution in [3.8, 4) is 0 Å². The van der Waals surface area contributed by atoms with E-state index in [0.717, 1.165) is 5.92 Å². The zero-order chi connectivity index (χ0) is 7.68. The van der Waals surface area contributed by atoms with E-state index in [0.29, 0.717) is 0 Å². The number of nitrogens with zero attached hydrogens (tertiary/aromatic N) is 1. The van der Waals surface area contributed by atoms with Crippen LogP contribution >= 0.6 is 0 Å². The number of allylic oxidation sites excluding steroid dienone is 1. The Balaban J connectivity index is 1.78. The van der Waals surface area contributed by atoms with E-state index in [9.17, 15) is 0 Å². The fraction of sp³-hybridized carbons (Fsp3) is 0.700. The van der Waals surface area contributed by atoms with E-state index in [-0.39, 0.29) is 0 Å². The van der Waals surface area contributed by atoms with Gasteiger partial charge in [0.15, 0.2) is 12.4 Å². The summed E-state index contributed by atoms with van der Waals surface area (Å²) >= 11 is 0. The van der Waals surface area contributed by atoms with E-state index < -0.39 is 0 Å². The van der Waals surface area contributed by atoms with Crippen LogP contribution in [0, 0.1) is 5.92 Å². The van der Waals surface area contributed by atoms with Crippen molar-refractivity contribution in [3.63, 3.8) is 0 Å². The van der Waals surface area contributed by atoms with Crippen LogP contribution in [0.25, 0.3) is 0 Å². The average Bonchev–Trinajstić information content (AvgIpc) is 2.36. The van der Waals surface area contributed by atoms with Crippen molar-refractivity contribution in [2.75, 3.05) is 7.05 Å². The highest BCUT2D eigenvalue weighted by Crippen LogP contribution is 2.30. The molecular formula is C10H16N+. The lowest BCUT2D eigenvalue weighted by molar-refractivity contribution is -0.429. The molecule has 0 N–H and O–H groups in total. The van der Waals surface area contributed by atoms with Crippen LogP contribution in [0.15, 0.2) is 11.8 Å². The number of rotatable bonds is 2. The van der Waals surface area contributed by atoms with Gasteiger partial charge in [-0.15, -0.1) is 0 Å². The summed E-state index contributed by atoms with van der Waals surface area (Å²) < 4.78 is 2.14. The molecule has 0 amide bonds. The minimum absolute atomic E-state index is 1.01. The van der Waals surface area contributed by atoms with Gasteiger partial charge in [0.05, 0.1) is 5.57 Å². The van der Waals surface area contributed by atoms with Crippen molar-refractivity contribution < 1.29 is 4.58 Å². The molecular weight excluding hydrogens is 134 g/mol. The molecule has 1 aliphatic carbocycles. The zero-order valence-electron chi connectivity index (χ0n) is 7.21. The first kappa shape index (κ1) is 7.08. The summed E-state index contributed by atoms with van der Waals surface area (Å²) in [5.74, 6) is 1.01. The van der Waals surface area contributed by atoms with E-state index in [4.69, 9.17) is 0 Å². The van der Waals surface area contributed by atoms with Gasteiger partial charge in [-0.2, -0.15) is 0 Å². The lowest BCUT2D eigenvalue weighted by Gasteiger charge is -2.10. The Morgan fingerprint density at radius 3 is 2.64 bits per heavy atom. The lowest BCUT2D eigenvalue weighted by atomic mass is 9.97. The molecule has 0 atom stereocenters. The van der Waals surface area contributed by atoms with Gasteiger partial charge in [0.25, 0.3) is 0 Å². The van der Waals surface area contributed by atoms with Crippen molar-refractivity contribution >= 4 is 6.21 Å². The van der Waals surface area contributed by atoms with Gasteiger partial charge < -0.3 is 0 Å². The third-order valence-electron chi connectivity index (χ3n) is 2.74. The summed E-state index contributed by atoms with van der Waals surface area (Å²) in [5, 5.41) is 0. The molecule has 1 nitrogen and oxygen atoms in total. The van der Waals surface area contributed by atoms with Crippen LogP contribution < -0.4 is 0 Å². The molecule has 0 aromatic carbocycles. The van der Waals surface area contributed by atoms with Crippen LogP contribution in [0.1, 0.15) is 32.1 Å². The van der Waals surface area contributed by atoms with E-state index >= 15 is 0 Å². The molecule has 0 aromatic rings. The Morgan fingerprint density at radius 1 is 1.45 bits per heavy atom. The molecule has 2 aliphatic rings. The van der Waals surface area contributed by atoms with Crippen LogP contribution in [0.4, 0.5) is 0 Å². The predicted octanol–water partition coefficient (Wildman–Crippen LogP) is 2.18. The third kappa shape index (κ3) is 1.52. The Bertz CT molecular complexity index is 207. The summed E-state index contributed by atoms with van der Waals surface area (Å²) in [6, 6.07) is 0. The predicted molar refractivity (Wildman–Crippen MR) is 46.9 cm³/mol. The molecule has 1 saturated carbocycles. The molecule has 1 fully saturated rings. The highest BCUT2D eigenvalue weighted by molar-refractivity contribution is 5.77. The average molecular weight is 150 g/mol. The number of hydrogen-bond acceptors (Lipinski definition) is 0. The monoisotopic (exact) mass is 150 g/mol. The second-order valence-electron chi connectivity index (χ2n) is 3.85. The maximum Gasteiger partial charge on any atom is 0.177 e. The Hall–Kier alpha value is -0.590. The Morgan fingerprint density at radius 2 is 2.09 bits per heavy atom. The molecule has 0 unspecified atom stereocenters. The van der Waals surface area contributed by atoms with E-state index in [1.807, 2.05) is 0 Å². The smallest absolute Gasteiger partial charge is 0.177 e. The highest BCUT2D eigenvalue weighted by Gasteiger charge is 2.20. The normalized spacial score (nSPS) is 24.5. The first-order valence-corrected chi connectivity index (χ1v) is 4.62. The van der Waals surface area contributed by atoms with Gasteiger partial charge in [0, 0.05) is 0 Å². The van der Waals surface area contributed by atoms with Crippen LogP contribution in [0.5, 0.6) is 0 Å². The minimum Gasteiger partial charge on any atom is -0.207 e. The van der Waals surface area contributed by atoms with Gasteiger partial charge in [0.1, 0.15) is 7.05 Å². The Labute approximate surface area is 68.4 Å². The molecule has 0 spiro atoms. The van der Waals surface area contributed by atoms with Crippen LogP contribution in [0.2, 0.25) is 0 Å². The van der Waals surface area contributed by atoms with Crippen LogP contribution in [-0.4, -0.2) is 17.8 Å². The largest absolute Gasteiger partial charge is 0.207 e. The summed E-state index contributed by atoms with van der Waals surface area (Å²) in [5.41, 5.74) is 1.56. The maximum absolute atomic E-state index is 2.25. The fourth-order valence-corrected chi connectivity index (χ4v) is 2.16. The summed E-state index contributed by atoms with van der Waals surface area (Å²) in [6.07, 6.45) is 11.7. The van der Waals surface area contributed by atoms with Gasteiger partial charge in [-0.25, -0.2) is 4.58 Å². The van der Waals surface area contributed by atoms with Crippen molar-refractivity contribution in [1.29, 1.82) is 0 Å². The summed E-state index contributed by atoms with van der Waals surface area (Å²) in [4.78, 5) is 0. The first-order valence-electron chi connectivity index (χ1n) is 4.62. The first-order chi connectivity index (χ1) is 5.34. The molecule has 2 rings (SSSR count). The van der Waals surface area contributed by atoms with Gasteiger partial charge in [-0.3, -0.25) is 0 Å². The van der Waals surface area contributed by atoms with Gasteiger partial charge in [-0.05, 0) is 12.3 Å². The van der Waals surface area contributed by atoms with Crippen molar-refractivity contribution in [3.05, 3.63) is 11.8 Å². The fourth-order valence-electron chi connectivity index (χ4n) is 2.16. The SMILES string of the molecule is C[N+]1=CC(CC2CCCC2)=C1. The Kier molecular flexibility index (Phi) is 1.80. The maximum atomic E-state index is 2.25. The molecule has 1 aliphatic heterocycles. The van der Waals surface area contributed by atoms with Crippen molar-refractivity contribution in [1.82, 2.24) is 0 Å². The van der Waals surface area contributed by atoms with E-state index in [2.05, 4.69) is 24.0 Å². The van der Waals surface area contributed by atoms with Gasteiger partial charge in [0.2, 0.25) is 0 Å². The van der Waals surface area contributed by atoms with Crippen LogP contribution in [0.3, 0.4) is 0 Å². The second-order valence-corrected chi connectivity index (χ2v) is 3.85. The topological polar surface area (TPSA) is 3.01 Å². The third-order valence-corrected chi connectivity index (χ3v) is 2.74.